The molecule has 1 atom stereocenters. The standard InChI is InChI=1S/C18H21NO6/c1-3-11-5-6-15(24-11)13-10-23-8-7-19(13)17(20)16-9-12(18(21)22)14(4-2)25-16/h5-6,9,13H,3-4,7-8,10H2,1-2H3,(H,21,22). The molecule has 0 aliphatic carbocycles. The minimum absolute atomic E-state index is 0.0296. The van der Waals surface area contributed by atoms with Crippen LogP contribution in [0.15, 0.2) is 27.0 Å². The van der Waals surface area contributed by atoms with Gasteiger partial charge in [0.2, 0.25) is 0 Å². The molecule has 2 aromatic rings. The lowest BCUT2D eigenvalue weighted by Crippen LogP contribution is -2.43. The van der Waals surface area contributed by atoms with Gasteiger partial charge in [-0.05, 0) is 12.1 Å². The molecule has 2 aromatic heterocycles. The van der Waals surface area contributed by atoms with Crippen molar-refractivity contribution in [2.24, 2.45) is 0 Å². The summed E-state index contributed by atoms with van der Waals surface area (Å²) in [6.45, 7) is 4.90. The van der Waals surface area contributed by atoms with Gasteiger partial charge in [-0.2, -0.15) is 0 Å². The summed E-state index contributed by atoms with van der Waals surface area (Å²) >= 11 is 0. The Morgan fingerprint density at radius 1 is 1.24 bits per heavy atom. The molecule has 1 aliphatic rings. The van der Waals surface area contributed by atoms with E-state index in [1.165, 1.54) is 6.07 Å². The Bertz CT molecular complexity index is 774. The molecular weight excluding hydrogens is 326 g/mol. The van der Waals surface area contributed by atoms with Gasteiger partial charge in [0.15, 0.2) is 5.76 Å². The van der Waals surface area contributed by atoms with Crippen molar-refractivity contribution in [2.45, 2.75) is 32.7 Å². The Kier molecular flexibility index (Phi) is 4.94. The van der Waals surface area contributed by atoms with Gasteiger partial charge < -0.3 is 23.6 Å². The van der Waals surface area contributed by atoms with Crippen molar-refractivity contribution >= 4 is 11.9 Å². The maximum Gasteiger partial charge on any atom is 0.339 e. The van der Waals surface area contributed by atoms with Gasteiger partial charge in [-0.1, -0.05) is 13.8 Å². The molecule has 1 amide bonds. The minimum Gasteiger partial charge on any atom is -0.478 e. The third-order valence-electron chi connectivity index (χ3n) is 4.32. The van der Waals surface area contributed by atoms with Gasteiger partial charge in [-0.15, -0.1) is 0 Å². The summed E-state index contributed by atoms with van der Waals surface area (Å²) in [4.78, 5) is 25.8. The van der Waals surface area contributed by atoms with Crippen LogP contribution >= 0.6 is 0 Å². The molecule has 0 saturated carbocycles. The summed E-state index contributed by atoms with van der Waals surface area (Å²) in [5.74, 6) is 0.370. The van der Waals surface area contributed by atoms with Crippen LogP contribution in [0, 0.1) is 0 Å². The first-order valence-electron chi connectivity index (χ1n) is 8.38. The molecule has 7 heteroatoms. The van der Waals surface area contributed by atoms with Crippen LogP contribution in [0.3, 0.4) is 0 Å². The van der Waals surface area contributed by atoms with E-state index in [1.807, 2.05) is 19.1 Å². The lowest BCUT2D eigenvalue weighted by Gasteiger charge is -2.33. The van der Waals surface area contributed by atoms with Crippen molar-refractivity contribution in [1.29, 1.82) is 0 Å². The fraction of sp³-hybridized carbons (Fsp3) is 0.444. The number of carboxylic acids is 1. The molecule has 3 rings (SSSR count). The number of morpholine rings is 1. The first-order valence-corrected chi connectivity index (χ1v) is 8.38. The van der Waals surface area contributed by atoms with E-state index in [0.29, 0.717) is 37.7 Å². The third-order valence-corrected chi connectivity index (χ3v) is 4.32. The number of rotatable bonds is 5. The normalized spacial score (nSPS) is 17.7. The molecule has 0 spiro atoms. The van der Waals surface area contributed by atoms with Crippen molar-refractivity contribution in [2.75, 3.05) is 19.8 Å². The zero-order valence-corrected chi connectivity index (χ0v) is 14.3. The molecule has 134 valence electrons. The van der Waals surface area contributed by atoms with E-state index in [2.05, 4.69) is 0 Å². The Balaban J connectivity index is 1.89. The van der Waals surface area contributed by atoms with Crippen LogP contribution in [-0.2, 0) is 17.6 Å². The average molecular weight is 347 g/mol. The van der Waals surface area contributed by atoms with Crippen LogP contribution < -0.4 is 0 Å². The second-order valence-electron chi connectivity index (χ2n) is 5.85. The number of aromatic carboxylic acids is 1. The van der Waals surface area contributed by atoms with Gasteiger partial charge in [0, 0.05) is 25.5 Å². The molecule has 1 N–H and O–H groups in total. The van der Waals surface area contributed by atoms with Gasteiger partial charge in [0.1, 0.15) is 28.9 Å². The Morgan fingerprint density at radius 2 is 2.04 bits per heavy atom. The highest BCUT2D eigenvalue weighted by molar-refractivity contribution is 5.96. The maximum atomic E-state index is 12.9. The van der Waals surface area contributed by atoms with E-state index in [9.17, 15) is 14.7 Å². The zero-order valence-electron chi connectivity index (χ0n) is 14.3. The van der Waals surface area contributed by atoms with Crippen LogP contribution in [-0.4, -0.2) is 41.6 Å². The van der Waals surface area contributed by atoms with Crippen molar-refractivity contribution in [3.05, 3.63) is 46.8 Å². The minimum atomic E-state index is -1.10. The second kappa shape index (κ2) is 7.14. The van der Waals surface area contributed by atoms with Gasteiger partial charge in [0.25, 0.3) is 5.91 Å². The van der Waals surface area contributed by atoms with E-state index < -0.39 is 5.97 Å². The Labute approximate surface area is 145 Å². The Morgan fingerprint density at radius 3 is 2.64 bits per heavy atom. The van der Waals surface area contributed by atoms with Crippen molar-refractivity contribution in [1.82, 2.24) is 4.90 Å². The number of amides is 1. The predicted octanol–water partition coefficient (Wildman–Crippen LogP) is 2.91. The lowest BCUT2D eigenvalue weighted by atomic mass is 10.1. The number of ether oxygens (including phenoxy) is 1. The summed E-state index contributed by atoms with van der Waals surface area (Å²) < 4.78 is 16.8. The Hall–Kier alpha value is -2.54. The van der Waals surface area contributed by atoms with Crippen molar-refractivity contribution in [3.8, 4) is 0 Å². The molecule has 0 aromatic carbocycles. The van der Waals surface area contributed by atoms with E-state index in [-0.39, 0.29) is 23.3 Å². The molecule has 0 bridgehead atoms. The van der Waals surface area contributed by atoms with Crippen LogP contribution in [0.4, 0.5) is 0 Å². The topological polar surface area (TPSA) is 93.1 Å². The number of hydrogen-bond donors (Lipinski definition) is 1. The first-order chi connectivity index (χ1) is 12.0. The number of carbonyl (C=O) groups is 2. The van der Waals surface area contributed by atoms with Gasteiger partial charge in [-0.3, -0.25) is 4.79 Å². The fourth-order valence-corrected chi connectivity index (χ4v) is 2.97. The van der Waals surface area contributed by atoms with E-state index in [4.69, 9.17) is 13.6 Å². The molecule has 25 heavy (non-hydrogen) atoms. The number of nitrogens with zero attached hydrogens (tertiary/aromatic N) is 1. The largest absolute Gasteiger partial charge is 0.478 e. The van der Waals surface area contributed by atoms with Crippen LogP contribution in [0.5, 0.6) is 0 Å². The number of carbonyl (C=O) groups excluding carboxylic acids is 1. The SMILES string of the molecule is CCc1ccc(C2COCCN2C(=O)c2cc(C(=O)O)c(CC)o2)o1. The predicted molar refractivity (Wildman–Crippen MR) is 87.7 cm³/mol. The highest BCUT2D eigenvalue weighted by atomic mass is 16.5. The summed E-state index contributed by atoms with van der Waals surface area (Å²) in [7, 11) is 0. The summed E-state index contributed by atoms with van der Waals surface area (Å²) in [6.07, 6.45) is 1.17. The summed E-state index contributed by atoms with van der Waals surface area (Å²) in [5, 5.41) is 9.24. The molecule has 0 radical (unpaired) electrons. The number of carboxylic acid groups (broad SMARTS) is 1. The molecule has 1 unspecified atom stereocenters. The molecular formula is C18H21NO6. The van der Waals surface area contributed by atoms with E-state index in [1.54, 1.807) is 11.8 Å². The second-order valence-corrected chi connectivity index (χ2v) is 5.85. The van der Waals surface area contributed by atoms with E-state index >= 15 is 0 Å². The quantitative estimate of drug-likeness (QED) is 0.894. The zero-order chi connectivity index (χ0) is 18.0. The molecule has 3 heterocycles. The van der Waals surface area contributed by atoms with Crippen molar-refractivity contribution in [3.63, 3.8) is 0 Å². The van der Waals surface area contributed by atoms with E-state index in [0.717, 1.165) is 12.2 Å². The molecule has 1 fully saturated rings. The fourth-order valence-electron chi connectivity index (χ4n) is 2.97. The average Bonchev–Trinajstić information content (AvgIpc) is 3.27. The van der Waals surface area contributed by atoms with Gasteiger partial charge in [-0.25, -0.2) is 4.79 Å². The smallest absolute Gasteiger partial charge is 0.339 e. The molecule has 1 aliphatic heterocycles. The lowest BCUT2D eigenvalue weighted by molar-refractivity contribution is -0.0105. The van der Waals surface area contributed by atoms with Crippen LogP contribution in [0.2, 0.25) is 0 Å². The summed E-state index contributed by atoms with van der Waals surface area (Å²) in [6, 6.07) is 4.68. The highest BCUT2D eigenvalue weighted by Crippen LogP contribution is 2.29. The third kappa shape index (κ3) is 3.32. The van der Waals surface area contributed by atoms with Crippen LogP contribution in [0.1, 0.15) is 58.1 Å². The molecule has 1 saturated heterocycles. The van der Waals surface area contributed by atoms with Crippen molar-refractivity contribution < 1.29 is 28.3 Å². The summed E-state index contributed by atoms with van der Waals surface area (Å²) in [5.41, 5.74) is 0.0296. The van der Waals surface area contributed by atoms with Gasteiger partial charge in [0.05, 0.1) is 13.2 Å². The first kappa shape index (κ1) is 17.3. The maximum absolute atomic E-state index is 12.9. The molecule has 7 nitrogen and oxygen atoms in total. The van der Waals surface area contributed by atoms with Gasteiger partial charge >= 0.3 is 5.97 Å². The monoisotopic (exact) mass is 347 g/mol. The number of furan rings is 2. The highest BCUT2D eigenvalue weighted by Gasteiger charge is 2.34. The number of aryl methyl sites for hydroxylation is 2. The van der Waals surface area contributed by atoms with Crippen LogP contribution in [0.25, 0.3) is 0 Å². The number of hydrogen-bond acceptors (Lipinski definition) is 5.